The van der Waals surface area contributed by atoms with Crippen LogP contribution in [0.25, 0.3) is 0 Å². The molecule has 0 fully saturated rings. The molecule has 0 radical (unpaired) electrons. The number of anilines is 1. The second-order valence-electron chi connectivity index (χ2n) is 4.77. The Morgan fingerprint density at radius 1 is 1.25 bits per heavy atom. The van der Waals surface area contributed by atoms with E-state index in [-0.39, 0.29) is 5.41 Å². The minimum atomic E-state index is 0.208. The van der Waals surface area contributed by atoms with Gasteiger partial charge in [-0.2, -0.15) is 0 Å². The molecular formula is C13H22N2O. The van der Waals surface area contributed by atoms with E-state index in [0.29, 0.717) is 0 Å². The zero-order valence-corrected chi connectivity index (χ0v) is 10.4. The molecule has 0 unspecified atom stereocenters. The Hall–Kier alpha value is -1.22. The van der Waals surface area contributed by atoms with Crippen molar-refractivity contribution in [1.29, 1.82) is 0 Å². The van der Waals surface area contributed by atoms with Crippen LogP contribution in [-0.2, 0) is 0 Å². The van der Waals surface area contributed by atoms with Gasteiger partial charge >= 0.3 is 0 Å². The molecule has 0 aromatic heterocycles. The SMILES string of the molecule is COc1ccc(NCCC(C)(C)CN)cc1. The van der Waals surface area contributed by atoms with Gasteiger partial charge in [-0.3, -0.25) is 0 Å². The highest BCUT2D eigenvalue weighted by Crippen LogP contribution is 2.19. The highest BCUT2D eigenvalue weighted by molar-refractivity contribution is 5.46. The van der Waals surface area contributed by atoms with Crippen LogP contribution in [0.1, 0.15) is 20.3 Å². The van der Waals surface area contributed by atoms with Crippen molar-refractivity contribution < 1.29 is 4.74 Å². The molecule has 0 bridgehead atoms. The smallest absolute Gasteiger partial charge is 0.119 e. The van der Waals surface area contributed by atoms with Gasteiger partial charge in [0.05, 0.1) is 7.11 Å². The van der Waals surface area contributed by atoms with E-state index in [1.165, 1.54) is 0 Å². The molecule has 0 aliphatic rings. The van der Waals surface area contributed by atoms with E-state index in [1.54, 1.807) is 7.11 Å². The lowest BCUT2D eigenvalue weighted by molar-refractivity contribution is 0.358. The molecule has 3 N–H and O–H groups in total. The van der Waals surface area contributed by atoms with E-state index in [2.05, 4.69) is 19.2 Å². The molecule has 90 valence electrons. The molecular weight excluding hydrogens is 200 g/mol. The van der Waals surface area contributed by atoms with Gasteiger partial charge in [0.1, 0.15) is 5.75 Å². The number of methoxy groups -OCH3 is 1. The summed E-state index contributed by atoms with van der Waals surface area (Å²) in [5.74, 6) is 0.882. The molecule has 0 heterocycles. The van der Waals surface area contributed by atoms with Gasteiger partial charge in [-0.25, -0.2) is 0 Å². The third-order valence-corrected chi connectivity index (χ3v) is 2.77. The van der Waals surface area contributed by atoms with Crippen LogP contribution in [0.5, 0.6) is 5.75 Å². The van der Waals surface area contributed by atoms with Crippen LogP contribution in [0.3, 0.4) is 0 Å². The molecule has 0 saturated heterocycles. The Bertz CT molecular complexity index is 306. The maximum Gasteiger partial charge on any atom is 0.119 e. The third-order valence-electron chi connectivity index (χ3n) is 2.77. The summed E-state index contributed by atoms with van der Waals surface area (Å²) in [6, 6.07) is 7.95. The van der Waals surface area contributed by atoms with Crippen molar-refractivity contribution in [3.05, 3.63) is 24.3 Å². The molecule has 1 rings (SSSR count). The van der Waals surface area contributed by atoms with Crippen LogP contribution >= 0.6 is 0 Å². The van der Waals surface area contributed by atoms with Gasteiger partial charge in [-0.15, -0.1) is 0 Å². The largest absolute Gasteiger partial charge is 0.497 e. The molecule has 0 saturated carbocycles. The topological polar surface area (TPSA) is 47.3 Å². The van der Waals surface area contributed by atoms with Gasteiger partial charge in [0.2, 0.25) is 0 Å². The lowest BCUT2D eigenvalue weighted by Gasteiger charge is -2.22. The lowest BCUT2D eigenvalue weighted by atomic mass is 9.90. The molecule has 1 aromatic carbocycles. The Labute approximate surface area is 98.0 Å². The third kappa shape index (κ3) is 4.11. The van der Waals surface area contributed by atoms with Crippen LogP contribution in [0.4, 0.5) is 5.69 Å². The van der Waals surface area contributed by atoms with Crippen LogP contribution in [-0.4, -0.2) is 20.2 Å². The van der Waals surface area contributed by atoms with E-state index in [1.807, 2.05) is 24.3 Å². The number of benzene rings is 1. The van der Waals surface area contributed by atoms with Gasteiger partial charge in [-0.05, 0) is 42.6 Å². The predicted octanol–water partition coefficient (Wildman–Crippen LogP) is 2.48. The van der Waals surface area contributed by atoms with Gasteiger partial charge in [0.25, 0.3) is 0 Å². The molecule has 0 aliphatic heterocycles. The molecule has 3 nitrogen and oxygen atoms in total. The highest BCUT2D eigenvalue weighted by atomic mass is 16.5. The summed E-state index contributed by atoms with van der Waals surface area (Å²) in [4.78, 5) is 0. The second kappa shape index (κ2) is 5.75. The van der Waals surface area contributed by atoms with Crippen molar-refractivity contribution in [3.63, 3.8) is 0 Å². The van der Waals surface area contributed by atoms with Crippen molar-refractivity contribution >= 4 is 5.69 Å². The van der Waals surface area contributed by atoms with Crippen LogP contribution in [0.15, 0.2) is 24.3 Å². The molecule has 3 heteroatoms. The maximum atomic E-state index is 5.68. The average Bonchev–Trinajstić information content (AvgIpc) is 2.30. The Morgan fingerprint density at radius 3 is 2.38 bits per heavy atom. The Morgan fingerprint density at radius 2 is 1.88 bits per heavy atom. The highest BCUT2D eigenvalue weighted by Gasteiger charge is 2.14. The van der Waals surface area contributed by atoms with E-state index >= 15 is 0 Å². The van der Waals surface area contributed by atoms with Gasteiger partial charge in [0.15, 0.2) is 0 Å². The summed E-state index contributed by atoms with van der Waals surface area (Å²) in [5.41, 5.74) is 7.01. The number of rotatable bonds is 6. The molecule has 1 aromatic rings. The summed E-state index contributed by atoms with van der Waals surface area (Å²) >= 11 is 0. The zero-order chi connectivity index (χ0) is 12.0. The fraction of sp³-hybridized carbons (Fsp3) is 0.538. The van der Waals surface area contributed by atoms with E-state index < -0.39 is 0 Å². The van der Waals surface area contributed by atoms with E-state index in [0.717, 1.165) is 30.9 Å². The number of ether oxygens (including phenoxy) is 1. The summed E-state index contributed by atoms with van der Waals surface area (Å²) in [5, 5.41) is 3.38. The first-order valence-corrected chi connectivity index (χ1v) is 5.65. The maximum absolute atomic E-state index is 5.68. The number of hydrogen-bond donors (Lipinski definition) is 2. The average molecular weight is 222 g/mol. The summed E-state index contributed by atoms with van der Waals surface area (Å²) < 4.78 is 5.10. The fourth-order valence-corrected chi connectivity index (χ4v) is 1.36. The standard InChI is InChI=1S/C13H22N2O/c1-13(2,10-14)8-9-15-11-4-6-12(16-3)7-5-11/h4-7,15H,8-10,14H2,1-3H3. The Balaban J connectivity index is 2.37. The first-order valence-electron chi connectivity index (χ1n) is 5.65. The van der Waals surface area contributed by atoms with Crippen LogP contribution < -0.4 is 15.8 Å². The molecule has 0 amide bonds. The van der Waals surface area contributed by atoms with Gasteiger partial charge in [0, 0.05) is 12.2 Å². The number of hydrogen-bond acceptors (Lipinski definition) is 3. The summed E-state index contributed by atoms with van der Waals surface area (Å²) in [7, 11) is 1.67. The minimum Gasteiger partial charge on any atom is -0.497 e. The van der Waals surface area contributed by atoms with Gasteiger partial charge < -0.3 is 15.8 Å². The number of nitrogens with one attached hydrogen (secondary N) is 1. The van der Waals surface area contributed by atoms with Crippen LogP contribution in [0.2, 0.25) is 0 Å². The normalized spacial score (nSPS) is 11.2. The predicted molar refractivity (Wildman–Crippen MR) is 68.9 cm³/mol. The molecule has 0 aliphatic carbocycles. The first kappa shape index (κ1) is 12.8. The van der Waals surface area contributed by atoms with Crippen molar-refractivity contribution in [2.24, 2.45) is 11.1 Å². The monoisotopic (exact) mass is 222 g/mol. The molecule has 16 heavy (non-hydrogen) atoms. The Kier molecular flexibility index (Phi) is 4.62. The first-order chi connectivity index (χ1) is 7.57. The molecule has 0 atom stereocenters. The quantitative estimate of drug-likeness (QED) is 0.777. The van der Waals surface area contributed by atoms with Crippen molar-refractivity contribution in [1.82, 2.24) is 0 Å². The zero-order valence-electron chi connectivity index (χ0n) is 10.4. The molecule has 0 spiro atoms. The van der Waals surface area contributed by atoms with Crippen molar-refractivity contribution in [3.8, 4) is 5.75 Å². The summed E-state index contributed by atoms with van der Waals surface area (Å²) in [6.07, 6.45) is 1.07. The van der Waals surface area contributed by atoms with Crippen LogP contribution in [0, 0.1) is 5.41 Å². The second-order valence-corrected chi connectivity index (χ2v) is 4.77. The van der Waals surface area contributed by atoms with Gasteiger partial charge in [-0.1, -0.05) is 13.8 Å². The van der Waals surface area contributed by atoms with Crippen molar-refractivity contribution in [2.75, 3.05) is 25.5 Å². The lowest BCUT2D eigenvalue weighted by Crippen LogP contribution is -2.26. The number of nitrogens with two attached hydrogens (primary N) is 1. The van der Waals surface area contributed by atoms with E-state index in [9.17, 15) is 0 Å². The van der Waals surface area contributed by atoms with E-state index in [4.69, 9.17) is 10.5 Å². The minimum absolute atomic E-state index is 0.208. The van der Waals surface area contributed by atoms with Crippen molar-refractivity contribution in [2.45, 2.75) is 20.3 Å². The summed E-state index contributed by atoms with van der Waals surface area (Å²) in [6.45, 7) is 6.03. The fourth-order valence-electron chi connectivity index (χ4n) is 1.36.